The number of hydrogen-bond donors (Lipinski definition) is 3. The van der Waals surface area contributed by atoms with Crippen LogP contribution in [0, 0.1) is 5.92 Å². The van der Waals surface area contributed by atoms with Crippen LogP contribution >= 0.6 is 0 Å². The summed E-state index contributed by atoms with van der Waals surface area (Å²) in [6, 6.07) is -0.806. The molecule has 1 atom stereocenters. The van der Waals surface area contributed by atoms with Gasteiger partial charge in [0.25, 0.3) is 0 Å². The zero-order chi connectivity index (χ0) is 9.56. The second-order valence-electron chi connectivity index (χ2n) is 2.69. The smallest absolute Gasteiger partial charge is 0.318 e. The molecule has 1 unspecified atom stereocenters. The van der Waals surface area contributed by atoms with Gasteiger partial charge in [-0.05, 0) is 19.4 Å². The van der Waals surface area contributed by atoms with E-state index in [-0.39, 0.29) is 11.8 Å². The van der Waals surface area contributed by atoms with Crippen LogP contribution in [0.4, 0.5) is 4.79 Å². The highest BCUT2D eigenvalue weighted by Gasteiger charge is 2.12. The molecule has 70 valence electrons. The van der Waals surface area contributed by atoms with Gasteiger partial charge in [-0.15, -0.1) is 0 Å². The first-order chi connectivity index (χ1) is 5.57. The molecule has 0 bridgehead atoms. The van der Waals surface area contributed by atoms with E-state index in [0.29, 0.717) is 13.0 Å². The Morgan fingerprint density at radius 1 is 1.50 bits per heavy atom. The maximum absolute atomic E-state index is 11.0. The minimum absolute atomic E-state index is 0.207. The van der Waals surface area contributed by atoms with Crippen molar-refractivity contribution >= 4 is 11.9 Å². The molecule has 0 aromatic heterocycles. The van der Waals surface area contributed by atoms with Crippen LogP contribution in [-0.4, -0.2) is 18.5 Å². The summed E-state index contributed by atoms with van der Waals surface area (Å²) in [5, 5.41) is 2.01. The molecule has 0 rings (SSSR count). The molecule has 0 saturated heterocycles. The first kappa shape index (κ1) is 10.9. The average Bonchev–Trinajstić information content (AvgIpc) is 1.98. The summed E-state index contributed by atoms with van der Waals surface area (Å²) < 4.78 is 0. The number of imide groups is 1. The molecule has 0 aliphatic carbocycles. The highest BCUT2D eigenvalue weighted by Crippen LogP contribution is 2.03. The summed E-state index contributed by atoms with van der Waals surface area (Å²) in [5.74, 6) is -0.544. The van der Waals surface area contributed by atoms with E-state index in [4.69, 9.17) is 11.5 Å². The van der Waals surface area contributed by atoms with Gasteiger partial charge < -0.3 is 11.5 Å². The second-order valence-corrected chi connectivity index (χ2v) is 2.69. The first-order valence-electron chi connectivity index (χ1n) is 3.88. The lowest BCUT2D eigenvalue weighted by atomic mass is 10.1. The topological polar surface area (TPSA) is 98.2 Å². The molecule has 12 heavy (non-hydrogen) atoms. The summed E-state index contributed by atoms with van der Waals surface area (Å²) in [6.45, 7) is 2.28. The van der Waals surface area contributed by atoms with Gasteiger partial charge in [0.05, 0.1) is 0 Å². The van der Waals surface area contributed by atoms with Crippen LogP contribution in [0.2, 0.25) is 0 Å². The highest BCUT2D eigenvalue weighted by molar-refractivity contribution is 5.94. The van der Waals surface area contributed by atoms with E-state index in [2.05, 4.69) is 0 Å². The number of nitrogens with two attached hydrogens (primary N) is 2. The van der Waals surface area contributed by atoms with E-state index in [1.54, 1.807) is 6.92 Å². The zero-order valence-corrected chi connectivity index (χ0v) is 7.17. The van der Waals surface area contributed by atoms with E-state index in [1.807, 2.05) is 5.32 Å². The van der Waals surface area contributed by atoms with E-state index in [0.717, 1.165) is 6.42 Å². The molecule has 0 spiro atoms. The van der Waals surface area contributed by atoms with E-state index in [9.17, 15) is 9.59 Å². The second kappa shape index (κ2) is 5.54. The third kappa shape index (κ3) is 4.68. The fraction of sp³-hybridized carbons (Fsp3) is 0.714. The normalized spacial score (nSPS) is 12.2. The summed E-state index contributed by atoms with van der Waals surface area (Å²) in [4.78, 5) is 21.3. The van der Waals surface area contributed by atoms with E-state index in [1.165, 1.54) is 0 Å². The molecule has 0 radical (unpaired) electrons. The Hall–Kier alpha value is -1.10. The maximum atomic E-state index is 11.0. The van der Waals surface area contributed by atoms with Crippen molar-refractivity contribution in [2.75, 3.05) is 6.54 Å². The Kier molecular flexibility index (Phi) is 5.03. The molecule has 0 aliphatic heterocycles. The van der Waals surface area contributed by atoms with Crippen molar-refractivity contribution in [2.24, 2.45) is 17.4 Å². The molecule has 0 fully saturated rings. The third-order valence-electron chi connectivity index (χ3n) is 1.54. The molecule has 0 aromatic carbocycles. The van der Waals surface area contributed by atoms with Crippen LogP contribution in [0.3, 0.4) is 0 Å². The molecular weight excluding hydrogens is 158 g/mol. The predicted octanol–water partition coefficient (Wildman–Crippen LogP) is -0.444. The third-order valence-corrected chi connectivity index (χ3v) is 1.54. The average molecular weight is 173 g/mol. The quantitative estimate of drug-likeness (QED) is 0.537. The van der Waals surface area contributed by atoms with Crippen molar-refractivity contribution in [1.29, 1.82) is 0 Å². The van der Waals surface area contributed by atoms with E-state index < -0.39 is 6.03 Å². The Balaban J connectivity index is 3.69. The number of hydrogen-bond acceptors (Lipinski definition) is 3. The van der Waals surface area contributed by atoms with Crippen LogP contribution in [-0.2, 0) is 4.79 Å². The Morgan fingerprint density at radius 3 is 2.50 bits per heavy atom. The SMILES string of the molecule is CC(CCCN)C(=O)NC(N)=O. The Bertz CT molecular complexity index is 170. The van der Waals surface area contributed by atoms with Crippen LogP contribution in [0.5, 0.6) is 0 Å². The van der Waals surface area contributed by atoms with Crippen molar-refractivity contribution in [3.05, 3.63) is 0 Å². The monoisotopic (exact) mass is 173 g/mol. The van der Waals surface area contributed by atoms with Crippen LogP contribution < -0.4 is 16.8 Å². The summed E-state index contributed by atoms with van der Waals surface area (Å²) >= 11 is 0. The van der Waals surface area contributed by atoms with Gasteiger partial charge in [0.15, 0.2) is 0 Å². The van der Waals surface area contributed by atoms with Crippen molar-refractivity contribution < 1.29 is 9.59 Å². The summed E-state index contributed by atoms with van der Waals surface area (Å²) in [7, 11) is 0. The number of nitrogens with one attached hydrogen (secondary N) is 1. The van der Waals surface area contributed by atoms with Gasteiger partial charge in [-0.3, -0.25) is 10.1 Å². The standard InChI is InChI=1S/C7H15N3O2/c1-5(3-2-4-8)6(11)10-7(9)12/h5H,2-4,8H2,1H3,(H3,9,10,11,12). The van der Waals surface area contributed by atoms with Gasteiger partial charge in [-0.2, -0.15) is 0 Å². The van der Waals surface area contributed by atoms with Gasteiger partial charge in [0.1, 0.15) is 0 Å². The maximum Gasteiger partial charge on any atom is 0.318 e. The molecule has 0 heterocycles. The lowest BCUT2D eigenvalue weighted by Crippen LogP contribution is -2.38. The minimum atomic E-state index is -0.806. The molecule has 3 amide bonds. The Labute approximate surface area is 71.5 Å². The molecule has 5 N–H and O–H groups in total. The number of primary amides is 1. The van der Waals surface area contributed by atoms with Gasteiger partial charge >= 0.3 is 6.03 Å². The summed E-state index contributed by atoms with van der Waals surface area (Å²) in [6.07, 6.45) is 1.45. The fourth-order valence-corrected chi connectivity index (χ4v) is 0.800. The van der Waals surface area contributed by atoms with Crippen LogP contribution in [0.1, 0.15) is 19.8 Å². The number of carbonyl (C=O) groups is 2. The molecule has 5 heteroatoms. The largest absolute Gasteiger partial charge is 0.351 e. The molecule has 0 aliphatic rings. The lowest BCUT2D eigenvalue weighted by molar-refractivity contribution is -0.123. The zero-order valence-electron chi connectivity index (χ0n) is 7.17. The number of urea groups is 1. The van der Waals surface area contributed by atoms with Crippen molar-refractivity contribution in [3.63, 3.8) is 0 Å². The van der Waals surface area contributed by atoms with Crippen LogP contribution in [0.15, 0.2) is 0 Å². The predicted molar refractivity (Wildman–Crippen MR) is 45.2 cm³/mol. The van der Waals surface area contributed by atoms with Crippen LogP contribution in [0.25, 0.3) is 0 Å². The summed E-state index contributed by atoms with van der Waals surface area (Å²) in [5.41, 5.74) is 10.0. The number of rotatable bonds is 4. The van der Waals surface area contributed by atoms with Gasteiger partial charge in [0.2, 0.25) is 5.91 Å². The molecule has 5 nitrogen and oxygen atoms in total. The number of carbonyl (C=O) groups excluding carboxylic acids is 2. The van der Waals surface area contributed by atoms with Gasteiger partial charge in [-0.25, -0.2) is 4.79 Å². The van der Waals surface area contributed by atoms with Gasteiger partial charge in [-0.1, -0.05) is 6.92 Å². The highest BCUT2D eigenvalue weighted by atomic mass is 16.2. The van der Waals surface area contributed by atoms with Crippen molar-refractivity contribution in [3.8, 4) is 0 Å². The molecule has 0 saturated carbocycles. The fourth-order valence-electron chi connectivity index (χ4n) is 0.800. The Morgan fingerprint density at radius 2 is 2.08 bits per heavy atom. The van der Waals surface area contributed by atoms with Gasteiger partial charge in [0, 0.05) is 5.92 Å². The first-order valence-corrected chi connectivity index (χ1v) is 3.88. The van der Waals surface area contributed by atoms with E-state index >= 15 is 0 Å². The van der Waals surface area contributed by atoms with Crippen molar-refractivity contribution in [2.45, 2.75) is 19.8 Å². The number of amides is 3. The molecular formula is C7H15N3O2. The molecule has 0 aromatic rings. The minimum Gasteiger partial charge on any atom is -0.351 e. The van der Waals surface area contributed by atoms with Crippen molar-refractivity contribution in [1.82, 2.24) is 5.32 Å². The lowest BCUT2D eigenvalue weighted by Gasteiger charge is -2.08.